The summed E-state index contributed by atoms with van der Waals surface area (Å²) in [5.74, 6) is 1.44. The van der Waals surface area contributed by atoms with Crippen LogP contribution in [0.15, 0.2) is 60.9 Å². The van der Waals surface area contributed by atoms with Gasteiger partial charge in [-0.05, 0) is 67.2 Å². The van der Waals surface area contributed by atoms with Crippen LogP contribution >= 0.6 is 0 Å². The van der Waals surface area contributed by atoms with Crippen LogP contribution in [0.3, 0.4) is 0 Å². The third-order valence-corrected chi connectivity index (χ3v) is 9.25. The van der Waals surface area contributed by atoms with Crippen molar-refractivity contribution in [1.29, 1.82) is 0 Å². The zero-order valence-corrected chi connectivity index (χ0v) is 26.9. The van der Waals surface area contributed by atoms with E-state index >= 15 is 0 Å². The smallest absolute Gasteiger partial charge is 0.407 e. The quantitative estimate of drug-likeness (QED) is 0.183. The molecule has 240 valence electrons. The SMILES string of the molecule is COC(=O)N[C@H](C(=O)N1CCC[C@H]1c1ncc(-c2ccc(-c3ccc(-c4cnc([C@@H]5CCCN5B(C)O)[nH]4)cc3)cc2)[nH]1)C(C)C. The number of hydrogen-bond acceptors (Lipinski definition) is 7. The first-order valence-electron chi connectivity index (χ1n) is 16.1. The van der Waals surface area contributed by atoms with Crippen molar-refractivity contribution in [2.24, 2.45) is 5.92 Å². The first-order chi connectivity index (χ1) is 22.2. The first kappa shape index (κ1) is 31.6. The lowest BCUT2D eigenvalue weighted by molar-refractivity contribution is -0.135. The molecule has 0 aliphatic carbocycles. The summed E-state index contributed by atoms with van der Waals surface area (Å²) < 4.78 is 4.74. The molecule has 11 nitrogen and oxygen atoms in total. The number of likely N-dealkylation sites (tertiary alicyclic amines) is 1. The van der Waals surface area contributed by atoms with Crippen LogP contribution in [0.25, 0.3) is 33.6 Å². The summed E-state index contributed by atoms with van der Waals surface area (Å²) in [5.41, 5.74) is 6.12. The third-order valence-electron chi connectivity index (χ3n) is 9.25. The Labute approximate surface area is 269 Å². The van der Waals surface area contributed by atoms with Crippen molar-refractivity contribution < 1.29 is 19.3 Å². The minimum atomic E-state index is -0.667. The molecule has 2 amide bonds. The van der Waals surface area contributed by atoms with Gasteiger partial charge >= 0.3 is 13.1 Å². The van der Waals surface area contributed by atoms with Crippen molar-refractivity contribution in [3.05, 3.63) is 72.6 Å². The predicted octanol–water partition coefficient (Wildman–Crippen LogP) is 5.43. The molecule has 2 saturated heterocycles. The highest BCUT2D eigenvalue weighted by Gasteiger charge is 2.37. The summed E-state index contributed by atoms with van der Waals surface area (Å²) in [6.07, 6.45) is 6.79. The molecule has 2 aromatic carbocycles. The zero-order valence-electron chi connectivity index (χ0n) is 26.9. The maximum atomic E-state index is 13.5. The number of imidazole rings is 2. The molecule has 2 aliphatic heterocycles. The van der Waals surface area contributed by atoms with Gasteiger partial charge in [-0.25, -0.2) is 14.8 Å². The number of carbonyl (C=O) groups is 2. The number of carbonyl (C=O) groups excluding carboxylic acids is 2. The van der Waals surface area contributed by atoms with E-state index in [4.69, 9.17) is 4.74 Å². The average Bonchev–Trinajstić information content (AvgIpc) is 3.89. The summed E-state index contributed by atoms with van der Waals surface area (Å²) in [5, 5.41) is 12.8. The van der Waals surface area contributed by atoms with Crippen LogP contribution in [0.1, 0.15) is 63.3 Å². The highest BCUT2D eigenvalue weighted by Crippen LogP contribution is 2.34. The van der Waals surface area contributed by atoms with Crippen molar-refractivity contribution in [2.45, 2.75) is 64.5 Å². The van der Waals surface area contributed by atoms with Crippen LogP contribution in [0.2, 0.25) is 6.82 Å². The fourth-order valence-corrected chi connectivity index (χ4v) is 6.71. The third kappa shape index (κ3) is 6.45. The van der Waals surface area contributed by atoms with Gasteiger partial charge in [-0.2, -0.15) is 0 Å². The van der Waals surface area contributed by atoms with Crippen molar-refractivity contribution in [3.8, 4) is 33.6 Å². The number of alkyl carbamates (subject to hydrolysis) is 1. The summed E-state index contributed by atoms with van der Waals surface area (Å²) in [4.78, 5) is 45.5. The van der Waals surface area contributed by atoms with E-state index in [1.54, 1.807) is 0 Å². The monoisotopic (exact) mass is 623 g/mol. The Hall–Kier alpha value is -4.42. The summed E-state index contributed by atoms with van der Waals surface area (Å²) >= 11 is 0. The van der Waals surface area contributed by atoms with E-state index in [0.29, 0.717) is 6.54 Å². The summed E-state index contributed by atoms with van der Waals surface area (Å²) in [7, 11) is 0.807. The first-order valence-corrected chi connectivity index (χ1v) is 16.1. The molecule has 0 unspecified atom stereocenters. The van der Waals surface area contributed by atoms with Gasteiger partial charge in [0.2, 0.25) is 5.91 Å². The van der Waals surface area contributed by atoms with E-state index in [9.17, 15) is 14.6 Å². The zero-order chi connectivity index (χ0) is 32.4. The van der Waals surface area contributed by atoms with Gasteiger partial charge in [0.1, 0.15) is 17.7 Å². The molecular formula is C34H42BN7O4. The molecule has 12 heteroatoms. The number of benzene rings is 2. The molecule has 3 atom stereocenters. The van der Waals surface area contributed by atoms with Crippen LogP contribution in [0.4, 0.5) is 4.79 Å². The standard InChI is InChI=1S/C34H42BN7O4/c1-21(2)30(40-34(44)46-4)33(43)41-17-5-7-28(41)31-36-19-26(38-31)24-13-9-22(10-14-24)23-11-15-25(16-12-23)27-20-37-32(39-27)29-8-6-18-42(29)35(3)45/h9-16,19-21,28-30,45H,5-8,17-18H2,1-4H3,(H,36,38)(H,37,39)(H,40,44)/t28-,29-,30-/m0/s1. The van der Waals surface area contributed by atoms with Crippen molar-refractivity contribution in [2.75, 3.05) is 20.2 Å². The van der Waals surface area contributed by atoms with E-state index < -0.39 is 19.2 Å². The van der Waals surface area contributed by atoms with Crippen molar-refractivity contribution in [3.63, 3.8) is 0 Å². The maximum Gasteiger partial charge on any atom is 0.407 e. The van der Waals surface area contributed by atoms with Gasteiger partial charge in [-0.1, -0.05) is 62.4 Å². The topological polar surface area (TPSA) is 139 Å². The second-order valence-electron chi connectivity index (χ2n) is 12.6. The molecule has 4 N–H and O–H groups in total. The molecule has 46 heavy (non-hydrogen) atoms. The second kappa shape index (κ2) is 13.5. The Morgan fingerprint density at radius 2 is 1.37 bits per heavy atom. The predicted molar refractivity (Wildman–Crippen MR) is 177 cm³/mol. The number of aromatic amines is 2. The lowest BCUT2D eigenvalue weighted by Crippen LogP contribution is -2.51. The minimum absolute atomic E-state index is 0.0856. The van der Waals surface area contributed by atoms with E-state index in [0.717, 1.165) is 77.5 Å². The fraction of sp³-hybridized carbons (Fsp3) is 0.412. The lowest BCUT2D eigenvalue weighted by atomic mass is 9.84. The molecule has 2 aliphatic rings. The molecule has 6 rings (SSSR count). The molecule has 0 radical (unpaired) electrons. The Bertz CT molecular complexity index is 1650. The Morgan fingerprint density at radius 3 is 1.89 bits per heavy atom. The van der Waals surface area contributed by atoms with Crippen LogP contribution in [-0.2, 0) is 9.53 Å². The summed E-state index contributed by atoms with van der Waals surface area (Å²) in [6.45, 7) is 7.12. The second-order valence-corrected chi connectivity index (χ2v) is 12.6. The van der Waals surface area contributed by atoms with E-state index in [1.807, 2.05) is 38.0 Å². The van der Waals surface area contributed by atoms with Crippen LogP contribution in [0, 0.1) is 5.92 Å². The Morgan fingerprint density at radius 1 is 0.870 bits per heavy atom. The van der Waals surface area contributed by atoms with Crippen molar-refractivity contribution in [1.82, 2.24) is 35.0 Å². The van der Waals surface area contributed by atoms with Gasteiger partial charge in [-0.15, -0.1) is 0 Å². The molecule has 2 aromatic heterocycles. The molecule has 0 saturated carbocycles. The lowest BCUT2D eigenvalue weighted by Gasteiger charge is -2.30. The van der Waals surface area contributed by atoms with E-state index in [-0.39, 0.29) is 23.9 Å². The molecule has 0 bridgehead atoms. The minimum Gasteiger partial charge on any atom is -0.453 e. The van der Waals surface area contributed by atoms with Gasteiger partial charge in [0.05, 0.1) is 43.0 Å². The number of methoxy groups -OCH3 is 1. The number of rotatable bonds is 9. The Kier molecular flexibility index (Phi) is 9.28. The number of H-pyrrole nitrogens is 2. The van der Waals surface area contributed by atoms with Gasteiger partial charge in [0, 0.05) is 6.54 Å². The summed E-state index contributed by atoms with van der Waals surface area (Å²) in [6, 6.07) is 16.0. The maximum absolute atomic E-state index is 13.5. The largest absolute Gasteiger partial charge is 0.453 e. The number of aromatic nitrogens is 4. The van der Waals surface area contributed by atoms with Gasteiger partial charge in [-0.3, -0.25) is 4.79 Å². The van der Waals surface area contributed by atoms with Crippen LogP contribution in [0.5, 0.6) is 0 Å². The average molecular weight is 624 g/mol. The normalized spacial score (nSPS) is 19.0. The van der Waals surface area contributed by atoms with Gasteiger partial charge in [0.25, 0.3) is 0 Å². The number of ether oxygens (including phenoxy) is 1. The van der Waals surface area contributed by atoms with Gasteiger partial charge < -0.3 is 34.8 Å². The number of nitrogens with zero attached hydrogens (tertiary/aromatic N) is 4. The van der Waals surface area contributed by atoms with Crippen LogP contribution in [-0.4, -0.2) is 80.0 Å². The molecular weight excluding hydrogens is 581 g/mol. The highest BCUT2D eigenvalue weighted by molar-refractivity contribution is 6.45. The van der Waals surface area contributed by atoms with E-state index in [2.05, 4.69) is 78.6 Å². The number of hydrogen-bond donors (Lipinski definition) is 4. The highest BCUT2D eigenvalue weighted by atomic mass is 16.5. The molecule has 4 heterocycles. The Balaban J connectivity index is 1.12. The van der Waals surface area contributed by atoms with E-state index in [1.165, 1.54) is 7.11 Å². The van der Waals surface area contributed by atoms with Gasteiger partial charge in [0.15, 0.2) is 0 Å². The van der Waals surface area contributed by atoms with Crippen LogP contribution < -0.4 is 5.32 Å². The molecule has 2 fully saturated rings. The molecule has 4 aromatic rings. The van der Waals surface area contributed by atoms with Crippen molar-refractivity contribution >= 4 is 19.1 Å². The fourth-order valence-electron chi connectivity index (χ4n) is 6.71. The number of nitrogens with one attached hydrogen (secondary N) is 3. The number of amides is 2. The molecule has 0 spiro atoms.